The van der Waals surface area contributed by atoms with Crippen molar-refractivity contribution in [3.05, 3.63) is 34.2 Å². The van der Waals surface area contributed by atoms with E-state index in [1.165, 1.54) is 30.6 Å². The maximum atomic E-state index is 12.3. The molecule has 6 nitrogen and oxygen atoms in total. The number of aliphatic hydroxyl groups is 1. The van der Waals surface area contributed by atoms with Gasteiger partial charge in [0.25, 0.3) is 11.8 Å². The predicted octanol–water partition coefficient (Wildman–Crippen LogP) is 2.97. The first-order valence-electron chi connectivity index (χ1n) is 9.18. The van der Waals surface area contributed by atoms with Gasteiger partial charge >= 0.3 is 0 Å². The summed E-state index contributed by atoms with van der Waals surface area (Å²) >= 11 is 7.50. The van der Waals surface area contributed by atoms with Crippen LogP contribution in [0, 0.1) is 5.92 Å². The van der Waals surface area contributed by atoms with Crippen LogP contribution in [-0.4, -0.2) is 29.1 Å². The molecule has 0 aliphatic heterocycles. The van der Waals surface area contributed by atoms with E-state index in [0.717, 1.165) is 22.9 Å². The molecule has 2 atom stereocenters. The highest BCUT2D eigenvalue weighted by Gasteiger charge is 2.27. The fourth-order valence-corrected chi connectivity index (χ4v) is 4.95. The lowest BCUT2D eigenvalue weighted by Gasteiger charge is -2.26. The first-order valence-corrected chi connectivity index (χ1v) is 10.4. The lowest BCUT2D eigenvalue weighted by molar-refractivity contribution is -0.131. The van der Waals surface area contributed by atoms with Crippen LogP contribution in [0.5, 0.6) is 0 Å². The van der Waals surface area contributed by atoms with Crippen molar-refractivity contribution in [3.8, 4) is 0 Å². The molecular formula is C19H24ClN3O3S. The Hall–Kier alpha value is -1.67. The molecule has 0 saturated heterocycles. The molecule has 0 bridgehead atoms. The Morgan fingerprint density at radius 3 is 2.63 bits per heavy atom. The highest BCUT2D eigenvalue weighted by molar-refractivity contribution is 7.21. The second-order valence-electron chi connectivity index (χ2n) is 7.03. The van der Waals surface area contributed by atoms with Crippen molar-refractivity contribution < 1.29 is 14.7 Å². The topological polar surface area (TPSA) is 104 Å². The van der Waals surface area contributed by atoms with Gasteiger partial charge in [-0.05, 0) is 18.4 Å². The zero-order valence-corrected chi connectivity index (χ0v) is 16.5. The Morgan fingerprint density at radius 1 is 1.22 bits per heavy atom. The van der Waals surface area contributed by atoms with Crippen molar-refractivity contribution in [2.75, 3.05) is 0 Å². The third-order valence-corrected chi connectivity index (χ3v) is 6.72. The van der Waals surface area contributed by atoms with Gasteiger partial charge in [-0.3, -0.25) is 20.4 Å². The summed E-state index contributed by atoms with van der Waals surface area (Å²) in [5.41, 5.74) is 10.6. The van der Waals surface area contributed by atoms with Crippen LogP contribution in [0.2, 0.25) is 5.02 Å². The highest BCUT2D eigenvalue weighted by atomic mass is 35.5. The maximum Gasteiger partial charge on any atom is 0.281 e. The largest absolute Gasteiger partial charge is 0.382 e. The lowest BCUT2D eigenvalue weighted by Crippen LogP contribution is -2.52. The summed E-state index contributed by atoms with van der Waals surface area (Å²) in [7, 11) is 0. The number of carbonyl (C=O) groups excluding carboxylic acids is 2. The average Bonchev–Trinajstić information content (AvgIpc) is 3.03. The van der Waals surface area contributed by atoms with Gasteiger partial charge in [-0.15, -0.1) is 11.3 Å². The number of hydrazine groups is 1. The van der Waals surface area contributed by atoms with E-state index in [0.29, 0.717) is 22.2 Å². The summed E-state index contributed by atoms with van der Waals surface area (Å²) in [5, 5.41) is 11.3. The van der Waals surface area contributed by atoms with Crippen molar-refractivity contribution >= 4 is 44.8 Å². The third kappa shape index (κ3) is 4.79. The van der Waals surface area contributed by atoms with E-state index in [-0.39, 0.29) is 0 Å². The second-order valence-corrected chi connectivity index (χ2v) is 8.46. The Bertz CT molecular complexity index is 820. The van der Waals surface area contributed by atoms with E-state index < -0.39 is 24.0 Å². The van der Waals surface area contributed by atoms with Crippen molar-refractivity contribution in [3.63, 3.8) is 0 Å². The number of aliphatic hydroxyl groups excluding tert-OH is 1. The minimum Gasteiger partial charge on any atom is -0.382 e. The average molecular weight is 410 g/mol. The molecule has 3 rings (SSSR count). The fraction of sp³-hybridized carbons (Fsp3) is 0.474. The molecule has 146 valence electrons. The molecule has 2 amide bonds. The molecule has 1 aliphatic carbocycles. The lowest BCUT2D eigenvalue weighted by atomic mass is 9.84. The third-order valence-electron chi connectivity index (χ3n) is 5.04. The summed E-state index contributed by atoms with van der Waals surface area (Å²) in [5.74, 6) is -0.797. The van der Waals surface area contributed by atoms with Gasteiger partial charge in [0, 0.05) is 16.1 Å². The smallest absolute Gasteiger partial charge is 0.281 e. The number of hydrogen-bond acceptors (Lipinski definition) is 5. The minimum absolute atomic E-state index is 0.305. The molecule has 0 spiro atoms. The Labute approximate surface area is 167 Å². The molecule has 5 N–H and O–H groups in total. The van der Waals surface area contributed by atoms with Gasteiger partial charge in [-0.25, -0.2) is 0 Å². The summed E-state index contributed by atoms with van der Waals surface area (Å²) < 4.78 is 0.883. The second kappa shape index (κ2) is 9.01. The van der Waals surface area contributed by atoms with E-state index in [9.17, 15) is 14.7 Å². The van der Waals surface area contributed by atoms with Crippen LogP contribution in [0.4, 0.5) is 0 Å². The van der Waals surface area contributed by atoms with Crippen LogP contribution in [0.25, 0.3) is 10.1 Å². The van der Waals surface area contributed by atoms with Crippen LogP contribution in [0.3, 0.4) is 0 Å². The number of rotatable bonds is 5. The number of carbonyl (C=O) groups is 2. The maximum absolute atomic E-state index is 12.3. The minimum atomic E-state index is -1.37. The van der Waals surface area contributed by atoms with Gasteiger partial charge in [-0.1, -0.05) is 61.9 Å². The Kier molecular flexibility index (Phi) is 6.70. The number of thiophene rings is 1. The van der Waals surface area contributed by atoms with Crippen LogP contribution in [-0.2, 0) is 4.79 Å². The van der Waals surface area contributed by atoms with Gasteiger partial charge in [0.05, 0.1) is 5.02 Å². The van der Waals surface area contributed by atoms with Crippen LogP contribution in [0.1, 0.15) is 48.2 Å². The van der Waals surface area contributed by atoms with Gasteiger partial charge < -0.3 is 10.8 Å². The number of amides is 2. The van der Waals surface area contributed by atoms with Gasteiger partial charge in [0.15, 0.2) is 0 Å². The van der Waals surface area contributed by atoms with E-state index in [1.54, 1.807) is 0 Å². The first kappa shape index (κ1) is 20.1. The zero-order valence-electron chi connectivity index (χ0n) is 14.9. The normalized spacial score (nSPS) is 17.4. The summed E-state index contributed by atoms with van der Waals surface area (Å²) in [4.78, 5) is 24.8. The van der Waals surface area contributed by atoms with Crippen LogP contribution in [0.15, 0.2) is 24.3 Å². The molecule has 1 aromatic carbocycles. The van der Waals surface area contributed by atoms with Crippen molar-refractivity contribution in [2.24, 2.45) is 11.7 Å². The number of fused-ring (bicyclic) bond motifs is 1. The summed E-state index contributed by atoms with van der Waals surface area (Å²) in [6, 6.07) is 6.75. The number of nitrogens with one attached hydrogen (secondary N) is 2. The molecular weight excluding hydrogens is 386 g/mol. The fourth-order valence-electron chi connectivity index (χ4n) is 3.54. The molecule has 1 saturated carbocycles. The first-order chi connectivity index (χ1) is 13.0. The number of hydrogen-bond donors (Lipinski definition) is 4. The predicted molar refractivity (Wildman–Crippen MR) is 108 cm³/mol. The van der Waals surface area contributed by atoms with Gasteiger partial charge in [0.2, 0.25) is 0 Å². The van der Waals surface area contributed by atoms with E-state index in [2.05, 4.69) is 10.9 Å². The molecule has 1 aliphatic rings. The summed E-state index contributed by atoms with van der Waals surface area (Å²) in [6.07, 6.45) is 4.99. The number of nitrogens with two attached hydrogens (primary N) is 1. The van der Waals surface area contributed by atoms with E-state index in [1.807, 2.05) is 24.3 Å². The quantitative estimate of drug-likeness (QED) is 0.570. The van der Waals surface area contributed by atoms with Crippen molar-refractivity contribution in [1.82, 2.24) is 10.9 Å². The molecule has 1 fully saturated rings. The molecule has 1 unspecified atom stereocenters. The molecule has 1 heterocycles. The van der Waals surface area contributed by atoms with E-state index in [4.69, 9.17) is 17.3 Å². The Morgan fingerprint density at radius 2 is 1.93 bits per heavy atom. The van der Waals surface area contributed by atoms with Gasteiger partial charge in [-0.2, -0.15) is 0 Å². The Balaban J connectivity index is 1.54. The molecule has 27 heavy (non-hydrogen) atoms. The van der Waals surface area contributed by atoms with E-state index >= 15 is 0 Å². The molecule has 2 aromatic rings. The number of halogens is 1. The highest BCUT2D eigenvalue weighted by Crippen LogP contribution is 2.34. The zero-order chi connectivity index (χ0) is 19.4. The van der Waals surface area contributed by atoms with Crippen molar-refractivity contribution in [1.29, 1.82) is 0 Å². The van der Waals surface area contributed by atoms with Crippen LogP contribution < -0.4 is 16.6 Å². The van der Waals surface area contributed by atoms with Crippen molar-refractivity contribution in [2.45, 2.75) is 50.7 Å². The number of benzene rings is 1. The van der Waals surface area contributed by atoms with Crippen LogP contribution >= 0.6 is 22.9 Å². The SMILES string of the molecule is N[C@H](CC1CCCCC1)C(O)C(=O)NNC(=O)c1sc2ccccc2c1Cl. The molecule has 0 radical (unpaired) electrons. The standard InChI is InChI=1S/C19H24ClN3O3S/c20-15-12-8-4-5-9-14(12)27-17(15)19(26)23-22-18(25)16(24)13(21)10-11-6-2-1-3-7-11/h4-5,8-9,11,13,16,24H,1-3,6-7,10,21H2,(H,22,25)(H,23,26)/t13-,16?/m1/s1. The summed E-state index contributed by atoms with van der Waals surface area (Å²) in [6.45, 7) is 0. The molecule has 8 heteroatoms. The van der Waals surface area contributed by atoms with Gasteiger partial charge in [0.1, 0.15) is 11.0 Å². The monoisotopic (exact) mass is 409 g/mol. The molecule has 1 aromatic heterocycles.